The Balaban J connectivity index is 2.36. The van der Waals surface area contributed by atoms with Crippen molar-refractivity contribution in [2.75, 3.05) is 6.54 Å². The minimum Gasteiger partial charge on any atom is -0.391 e. The molecule has 0 radical (unpaired) electrons. The lowest BCUT2D eigenvalue weighted by Crippen LogP contribution is -2.39. The van der Waals surface area contributed by atoms with Crippen LogP contribution in [0.1, 0.15) is 49.5 Å². The molecular weight excluding hydrogens is 266 g/mol. The molecule has 0 bridgehead atoms. The van der Waals surface area contributed by atoms with Gasteiger partial charge in [0.15, 0.2) is 5.78 Å². The van der Waals surface area contributed by atoms with Crippen LogP contribution in [-0.4, -0.2) is 29.4 Å². The van der Waals surface area contributed by atoms with Crippen molar-refractivity contribution in [2.24, 2.45) is 5.41 Å². The first-order valence-corrected chi connectivity index (χ1v) is 7.25. The second-order valence-electron chi connectivity index (χ2n) is 6.48. The van der Waals surface area contributed by atoms with E-state index in [0.29, 0.717) is 5.56 Å². The van der Waals surface area contributed by atoms with Gasteiger partial charge >= 0.3 is 0 Å². The molecule has 4 heteroatoms. The Bertz CT molecular complexity index is 486. The maximum absolute atomic E-state index is 11.9. The van der Waals surface area contributed by atoms with Gasteiger partial charge in [0.1, 0.15) is 0 Å². The number of carbonyl (C=O) groups is 2. The zero-order valence-corrected chi connectivity index (χ0v) is 13.3. The molecule has 1 rings (SSSR count). The van der Waals surface area contributed by atoms with Crippen LogP contribution in [0.4, 0.5) is 0 Å². The summed E-state index contributed by atoms with van der Waals surface area (Å²) in [4.78, 5) is 23.6. The fourth-order valence-electron chi connectivity index (χ4n) is 1.72. The van der Waals surface area contributed by atoms with Gasteiger partial charge in [-0.05, 0) is 12.3 Å². The Morgan fingerprint density at radius 2 is 1.71 bits per heavy atom. The molecule has 0 aliphatic carbocycles. The number of rotatable bonds is 6. The summed E-state index contributed by atoms with van der Waals surface area (Å²) in [5.41, 5.74) is 1.45. The molecule has 0 fully saturated rings. The van der Waals surface area contributed by atoms with Gasteiger partial charge in [0.25, 0.3) is 0 Å². The molecule has 0 aliphatic heterocycles. The number of hydrogen-bond donors (Lipinski definition) is 2. The Morgan fingerprint density at radius 3 is 2.24 bits per heavy atom. The minimum atomic E-state index is -0.603. The van der Waals surface area contributed by atoms with Crippen LogP contribution in [0, 0.1) is 12.3 Å². The summed E-state index contributed by atoms with van der Waals surface area (Å²) in [7, 11) is 0. The quantitative estimate of drug-likeness (QED) is 0.791. The van der Waals surface area contributed by atoms with Gasteiger partial charge in [-0.2, -0.15) is 0 Å². The summed E-state index contributed by atoms with van der Waals surface area (Å²) in [6.07, 6.45) is -0.279. The highest BCUT2D eigenvalue weighted by atomic mass is 16.3. The number of aliphatic hydroxyl groups is 1. The SMILES string of the molecule is Cc1ccc(C(=O)CCC(=O)NCC(O)C(C)(C)C)cc1. The standard InChI is InChI=1S/C17H25NO3/c1-12-5-7-13(8-6-12)14(19)9-10-16(21)18-11-15(20)17(2,3)4/h5-8,15,20H,9-11H2,1-4H3,(H,18,21). The largest absolute Gasteiger partial charge is 0.391 e. The Labute approximate surface area is 126 Å². The van der Waals surface area contributed by atoms with Crippen molar-refractivity contribution in [3.05, 3.63) is 35.4 Å². The number of aryl methyl sites for hydroxylation is 1. The fourth-order valence-corrected chi connectivity index (χ4v) is 1.72. The first-order valence-electron chi connectivity index (χ1n) is 7.25. The molecule has 0 aliphatic rings. The molecule has 1 atom stereocenters. The monoisotopic (exact) mass is 291 g/mol. The molecule has 0 saturated heterocycles. The van der Waals surface area contributed by atoms with Crippen molar-refractivity contribution >= 4 is 11.7 Å². The van der Waals surface area contributed by atoms with Crippen LogP contribution in [0.3, 0.4) is 0 Å². The van der Waals surface area contributed by atoms with Gasteiger partial charge in [-0.1, -0.05) is 50.6 Å². The van der Waals surface area contributed by atoms with E-state index in [9.17, 15) is 14.7 Å². The molecule has 2 N–H and O–H groups in total. The molecule has 0 saturated carbocycles. The van der Waals surface area contributed by atoms with Gasteiger partial charge in [0.2, 0.25) is 5.91 Å². The van der Waals surface area contributed by atoms with Crippen LogP contribution in [0.25, 0.3) is 0 Å². The van der Waals surface area contributed by atoms with Gasteiger partial charge in [0, 0.05) is 24.9 Å². The number of nitrogens with one attached hydrogen (secondary N) is 1. The zero-order chi connectivity index (χ0) is 16.0. The summed E-state index contributed by atoms with van der Waals surface area (Å²) >= 11 is 0. The summed E-state index contributed by atoms with van der Waals surface area (Å²) in [6, 6.07) is 7.32. The van der Waals surface area contributed by atoms with Crippen molar-refractivity contribution in [2.45, 2.75) is 46.6 Å². The van der Waals surface area contributed by atoms with E-state index in [4.69, 9.17) is 0 Å². The molecule has 1 aromatic rings. The highest BCUT2D eigenvalue weighted by Gasteiger charge is 2.22. The summed E-state index contributed by atoms with van der Waals surface area (Å²) < 4.78 is 0. The van der Waals surface area contributed by atoms with Crippen molar-refractivity contribution in [1.82, 2.24) is 5.32 Å². The van der Waals surface area contributed by atoms with E-state index in [0.717, 1.165) is 5.56 Å². The van der Waals surface area contributed by atoms with Gasteiger partial charge in [-0.25, -0.2) is 0 Å². The second kappa shape index (κ2) is 7.36. The average Bonchev–Trinajstić information content (AvgIpc) is 2.41. The zero-order valence-electron chi connectivity index (χ0n) is 13.3. The van der Waals surface area contributed by atoms with Gasteiger partial charge in [-0.15, -0.1) is 0 Å². The lowest BCUT2D eigenvalue weighted by Gasteiger charge is -2.25. The summed E-state index contributed by atoms with van der Waals surface area (Å²) in [5, 5.41) is 12.5. The van der Waals surface area contributed by atoms with Crippen LogP contribution < -0.4 is 5.32 Å². The Kier molecular flexibility index (Phi) is 6.09. The number of hydrogen-bond acceptors (Lipinski definition) is 3. The number of ketones is 1. The predicted molar refractivity (Wildman–Crippen MR) is 83.2 cm³/mol. The molecule has 0 spiro atoms. The van der Waals surface area contributed by atoms with E-state index in [-0.39, 0.29) is 36.5 Å². The van der Waals surface area contributed by atoms with Crippen LogP contribution >= 0.6 is 0 Å². The summed E-state index contributed by atoms with van der Waals surface area (Å²) in [5.74, 6) is -0.250. The van der Waals surface area contributed by atoms with Crippen molar-refractivity contribution in [1.29, 1.82) is 0 Å². The van der Waals surface area contributed by atoms with Crippen LogP contribution in [0.15, 0.2) is 24.3 Å². The fraction of sp³-hybridized carbons (Fsp3) is 0.529. The van der Waals surface area contributed by atoms with Crippen molar-refractivity contribution in [3.63, 3.8) is 0 Å². The van der Waals surface area contributed by atoms with E-state index in [2.05, 4.69) is 5.32 Å². The first kappa shape index (κ1) is 17.4. The number of amides is 1. The van der Waals surface area contributed by atoms with E-state index in [1.807, 2.05) is 39.8 Å². The third kappa shape index (κ3) is 6.08. The van der Waals surface area contributed by atoms with E-state index < -0.39 is 6.10 Å². The van der Waals surface area contributed by atoms with E-state index >= 15 is 0 Å². The molecule has 1 aromatic carbocycles. The first-order chi connectivity index (χ1) is 9.70. The van der Waals surface area contributed by atoms with Crippen molar-refractivity contribution < 1.29 is 14.7 Å². The number of aliphatic hydroxyl groups excluding tert-OH is 1. The highest BCUT2D eigenvalue weighted by Crippen LogP contribution is 2.18. The molecular formula is C17H25NO3. The molecule has 21 heavy (non-hydrogen) atoms. The maximum Gasteiger partial charge on any atom is 0.220 e. The molecule has 1 amide bonds. The average molecular weight is 291 g/mol. The molecule has 0 aromatic heterocycles. The number of carbonyl (C=O) groups excluding carboxylic acids is 2. The lowest BCUT2D eigenvalue weighted by molar-refractivity contribution is -0.121. The Morgan fingerprint density at radius 1 is 1.14 bits per heavy atom. The Hall–Kier alpha value is -1.68. The second-order valence-corrected chi connectivity index (χ2v) is 6.48. The predicted octanol–water partition coefficient (Wildman–Crippen LogP) is 2.48. The van der Waals surface area contributed by atoms with Gasteiger partial charge < -0.3 is 10.4 Å². The third-order valence-electron chi connectivity index (χ3n) is 3.44. The van der Waals surface area contributed by atoms with Crippen LogP contribution in [0.5, 0.6) is 0 Å². The smallest absolute Gasteiger partial charge is 0.220 e. The molecule has 0 heterocycles. The van der Waals surface area contributed by atoms with Crippen molar-refractivity contribution in [3.8, 4) is 0 Å². The van der Waals surface area contributed by atoms with Crippen LogP contribution in [-0.2, 0) is 4.79 Å². The molecule has 1 unspecified atom stereocenters. The third-order valence-corrected chi connectivity index (χ3v) is 3.44. The molecule has 116 valence electrons. The highest BCUT2D eigenvalue weighted by molar-refractivity contribution is 5.97. The lowest BCUT2D eigenvalue weighted by atomic mass is 9.89. The minimum absolute atomic E-state index is 0.0403. The number of benzene rings is 1. The van der Waals surface area contributed by atoms with Gasteiger partial charge in [0.05, 0.1) is 6.10 Å². The normalized spacial score (nSPS) is 12.8. The maximum atomic E-state index is 11.9. The molecule has 4 nitrogen and oxygen atoms in total. The van der Waals surface area contributed by atoms with Gasteiger partial charge in [-0.3, -0.25) is 9.59 Å². The number of Topliss-reactive ketones (excluding diaryl/α,β-unsaturated/α-hetero) is 1. The summed E-state index contributed by atoms with van der Waals surface area (Å²) in [6.45, 7) is 7.89. The van der Waals surface area contributed by atoms with Crippen LogP contribution in [0.2, 0.25) is 0 Å². The van der Waals surface area contributed by atoms with E-state index in [1.54, 1.807) is 12.1 Å². The topological polar surface area (TPSA) is 66.4 Å². The van der Waals surface area contributed by atoms with E-state index in [1.165, 1.54) is 0 Å².